The summed E-state index contributed by atoms with van der Waals surface area (Å²) in [5.74, 6) is -1.36. The fourth-order valence-corrected chi connectivity index (χ4v) is 5.31. The number of carbonyl (C=O) groups excluding carboxylic acids is 4. The molecule has 2 aliphatic rings. The van der Waals surface area contributed by atoms with Crippen molar-refractivity contribution in [2.24, 2.45) is 11.8 Å². The predicted molar refractivity (Wildman–Crippen MR) is 137 cm³/mol. The van der Waals surface area contributed by atoms with E-state index in [1.165, 1.54) is 29.7 Å². The number of amides is 2. The van der Waals surface area contributed by atoms with E-state index in [0.29, 0.717) is 29.8 Å². The van der Waals surface area contributed by atoms with E-state index in [9.17, 15) is 19.2 Å². The van der Waals surface area contributed by atoms with Crippen molar-refractivity contribution in [3.05, 3.63) is 95.6 Å². The highest BCUT2D eigenvalue weighted by molar-refractivity contribution is 6.22. The minimum atomic E-state index is -0.704. The Morgan fingerprint density at radius 1 is 0.838 bits per heavy atom. The summed E-state index contributed by atoms with van der Waals surface area (Å²) in [5, 5.41) is 0. The van der Waals surface area contributed by atoms with Crippen LogP contribution in [0.5, 0.6) is 5.75 Å². The van der Waals surface area contributed by atoms with Crippen LogP contribution in [0.3, 0.4) is 0 Å². The molecule has 2 fully saturated rings. The molecule has 2 amide bonds. The largest absolute Gasteiger partial charge is 0.497 e. The Bertz CT molecular complexity index is 1330. The fraction of sp³-hybridized carbons (Fsp3) is 0.267. The van der Waals surface area contributed by atoms with Gasteiger partial charge in [-0.15, -0.1) is 0 Å². The van der Waals surface area contributed by atoms with Crippen molar-refractivity contribution in [1.29, 1.82) is 0 Å². The number of carbonyl (C=O) groups is 4. The number of hydrogen-bond donors (Lipinski definition) is 0. The van der Waals surface area contributed by atoms with Crippen molar-refractivity contribution in [2.45, 2.75) is 25.2 Å². The van der Waals surface area contributed by atoms with Crippen LogP contribution in [0.15, 0.2) is 78.9 Å². The number of imide groups is 1. The molecule has 3 aromatic carbocycles. The number of nitrogens with zero attached hydrogens (tertiary/aromatic N) is 1. The zero-order valence-electron chi connectivity index (χ0n) is 20.5. The van der Waals surface area contributed by atoms with Gasteiger partial charge in [-0.05, 0) is 73.2 Å². The number of methoxy groups -OCH3 is 1. The molecule has 0 aromatic heterocycles. The fourth-order valence-electron chi connectivity index (χ4n) is 5.31. The lowest BCUT2D eigenvalue weighted by atomic mass is 9.73. The second-order valence-corrected chi connectivity index (χ2v) is 9.42. The molecule has 0 radical (unpaired) electrons. The van der Waals surface area contributed by atoms with E-state index in [0.717, 1.165) is 6.42 Å². The third kappa shape index (κ3) is 4.89. The summed E-state index contributed by atoms with van der Waals surface area (Å²) in [4.78, 5) is 52.9. The van der Waals surface area contributed by atoms with Gasteiger partial charge in [-0.3, -0.25) is 19.3 Å². The average Bonchev–Trinajstić information content (AvgIpc) is 3.20. The number of hydrogen-bond acceptors (Lipinski definition) is 6. The first-order chi connectivity index (χ1) is 18.0. The highest BCUT2D eigenvalue weighted by Crippen LogP contribution is 2.45. The molecule has 3 atom stereocenters. The second-order valence-electron chi connectivity index (χ2n) is 9.42. The van der Waals surface area contributed by atoms with E-state index < -0.39 is 12.6 Å². The molecule has 1 aliphatic carbocycles. The number of esters is 1. The van der Waals surface area contributed by atoms with Crippen LogP contribution in [-0.2, 0) is 14.3 Å². The van der Waals surface area contributed by atoms with Gasteiger partial charge in [-0.25, -0.2) is 4.79 Å². The Kier molecular flexibility index (Phi) is 6.86. The number of Topliss-reactive ketones (excluding diaryl/α,β-unsaturated/α-hetero) is 1. The lowest BCUT2D eigenvalue weighted by Gasteiger charge is -2.28. The van der Waals surface area contributed by atoms with Crippen LogP contribution in [0.1, 0.15) is 51.5 Å². The summed E-state index contributed by atoms with van der Waals surface area (Å²) in [6.07, 6.45) is 2.14. The molecule has 7 heteroatoms. The van der Waals surface area contributed by atoms with Crippen molar-refractivity contribution in [3.8, 4) is 5.75 Å². The predicted octanol–water partition coefficient (Wildman–Crippen LogP) is 4.81. The molecule has 1 heterocycles. The van der Waals surface area contributed by atoms with Gasteiger partial charge < -0.3 is 9.47 Å². The number of anilines is 1. The van der Waals surface area contributed by atoms with Gasteiger partial charge in [0.2, 0.25) is 11.8 Å². The second kappa shape index (κ2) is 10.4. The van der Waals surface area contributed by atoms with Gasteiger partial charge in [0.05, 0.1) is 30.2 Å². The maximum Gasteiger partial charge on any atom is 0.338 e. The molecular formula is C30H27NO6. The normalized spacial score (nSPS) is 20.9. The lowest BCUT2D eigenvalue weighted by Crippen LogP contribution is -2.31. The highest BCUT2D eigenvalue weighted by atomic mass is 16.5. The zero-order chi connectivity index (χ0) is 25.9. The molecule has 7 nitrogen and oxygen atoms in total. The molecule has 1 aliphatic heterocycles. The summed E-state index contributed by atoms with van der Waals surface area (Å²) >= 11 is 0. The maximum absolute atomic E-state index is 13.4. The molecule has 5 rings (SSSR count). The summed E-state index contributed by atoms with van der Waals surface area (Å²) in [5.41, 5.74) is 2.09. The number of ketones is 1. The Hall–Kier alpha value is -4.26. The minimum Gasteiger partial charge on any atom is -0.497 e. The topological polar surface area (TPSA) is 90.0 Å². The molecule has 0 spiro atoms. The van der Waals surface area contributed by atoms with Crippen molar-refractivity contribution < 1.29 is 28.7 Å². The molecule has 37 heavy (non-hydrogen) atoms. The molecule has 0 N–H and O–H groups in total. The van der Waals surface area contributed by atoms with Gasteiger partial charge >= 0.3 is 5.97 Å². The Labute approximate surface area is 215 Å². The average molecular weight is 498 g/mol. The van der Waals surface area contributed by atoms with E-state index >= 15 is 0 Å². The lowest BCUT2D eigenvalue weighted by molar-refractivity contribution is -0.122. The monoisotopic (exact) mass is 497 g/mol. The molecule has 1 saturated heterocycles. The van der Waals surface area contributed by atoms with Crippen LogP contribution in [-0.4, -0.2) is 37.3 Å². The van der Waals surface area contributed by atoms with Crippen molar-refractivity contribution in [3.63, 3.8) is 0 Å². The van der Waals surface area contributed by atoms with Crippen LogP contribution in [0, 0.1) is 11.8 Å². The number of ether oxygens (including phenoxy) is 2. The quantitative estimate of drug-likeness (QED) is 0.264. The van der Waals surface area contributed by atoms with Crippen LogP contribution in [0.4, 0.5) is 5.69 Å². The SMILES string of the molecule is COc1ccc(C(=O)COC(=O)c2cccc(N3C(=O)[C@@H]4CC[C@@H](c5ccccc5)C[C@H]4C3=O)c2)cc1. The number of benzene rings is 3. The first-order valence-electron chi connectivity index (χ1n) is 12.3. The molecule has 0 unspecified atom stereocenters. The van der Waals surface area contributed by atoms with Gasteiger partial charge in [0.15, 0.2) is 12.4 Å². The van der Waals surface area contributed by atoms with Crippen molar-refractivity contribution in [2.75, 3.05) is 18.6 Å². The van der Waals surface area contributed by atoms with Crippen LogP contribution in [0.25, 0.3) is 0 Å². The summed E-state index contributed by atoms with van der Waals surface area (Å²) in [6, 6.07) is 22.8. The molecular weight excluding hydrogens is 470 g/mol. The van der Waals surface area contributed by atoms with E-state index in [2.05, 4.69) is 12.1 Å². The molecule has 188 valence electrons. The Morgan fingerprint density at radius 3 is 2.30 bits per heavy atom. The van der Waals surface area contributed by atoms with Gasteiger partial charge in [0.25, 0.3) is 0 Å². The van der Waals surface area contributed by atoms with E-state index in [1.54, 1.807) is 36.4 Å². The summed E-state index contributed by atoms with van der Waals surface area (Å²) in [7, 11) is 1.53. The van der Waals surface area contributed by atoms with Crippen molar-refractivity contribution >= 4 is 29.3 Å². The first kappa shape index (κ1) is 24.4. The highest BCUT2D eigenvalue weighted by Gasteiger charge is 2.50. The zero-order valence-corrected chi connectivity index (χ0v) is 20.5. The standard InChI is InChI=1S/C30H27NO6/c1-36-24-13-10-20(11-14-24)27(32)18-37-30(35)22-8-5-9-23(16-22)31-28(33)25-15-12-21(17-26(25)29(31)34)19-6-3-2-4-7-19/h2-11,13-14,16,21,25-26H,12,15,17-18H2,1H3/t21-,25-,26-/m1/s1. The van der Waals surface area contributed by atoms with Crippen LogP contribution < -0.4 is 9.64 Å². The Morgan fingerprint density at radius 2 is 1.57 bits per heavy atom. The summed E-state index contributed by atoms with van der Waals surface area (Å²) < 4.78 is 10.3. The van der Waals surface area contributed by atoms with E-state index in [-0.39, 0.29) is 40.9 Å². The molecule has 0 bridgehead atoms. The van der Waals surface area contributed by atoms with Crippen LogP contribution >= 0.6 is 0 Å². The van der Waals surface area contributed by atoms with Gasteiger partial charge in [-0.1, -0.05) is 36.4 Å². The van der Waals surface area contributed by atoms with Gasteiger partial charge in [0.1, 0.15) is 5.75 Å². The summed E-state index contributed by atoms with van der Waals surface area (Å²) in [6.45, 7) is -0.429. The third-order valence-corrected chi connectivity index (χ3v) is 7.28. The number of rotatable bonds is 7. The van der Waals surface area contributed by atoms with E-state index in [1.807, 2.05) is 18.2 Å². The third-order valence-electron chi connectivity index (χ3n) is 7.28. The smallest absolute Gasteiger partial charge is 0.338 e. The minimum absolute atomic E-state index is 0.165. The number of fused-ring (bicyclic) bond motifs is 1. The van der Waals surface area contributed by atoms with E-state index in [4.69, 9.17) is 9.47 Å². The molecule has 1 saturated carbocycles. The Balaban J connectivity index is 1.26. The maximum atomic E-state index is 13.4. The van der Waals surface area contributed by atoms with Crippen molar-refractivity contribution in [1.82, 2.24) is 0 Å². The van der Waals surface area contributed by atoms with Crippen LogP contribution in [0.2, 0.25) is 0 Å². The van der Waals surface area contributed by atoms with Gasteiger partial charge in [-0.2, -0.15) is 0 Å². The first-order valence-corrected chi connectivity index (χ1v) is 12.3. The molecule has 3 aromatic rings. The van der Waals surface area contributed by atoms with Gasteiger partial charge in [0, 0.05) is 5.56 Å².